The van der Waals surface area contributed by atoms with Crippen LogP contribution < -0.4 is 4.74 Å². The Morgan fingerprint density at radius 2 is 1.80 bits per heavy atom. The van der Waals surface area contributed by atoms with Crippen molar-refractivity contribution in [3.8, 4) is 5.75 Å². The lowest BCUT2D eigenvalue weighted by atomic mass is 10.3. The Morgan fingerprint density at radius 1 is 1.20 bits per heavy atom. The Bertz CT molecular complexity index is 358. The highest BCUT2D eigenvalue weighted by Gasteiger charge is 2.17. The van der Waals surface area contributed by atoms with Gasteiger partial charge in [-0.3, -0.25) is 0 Å². The lowest BCUT2D eigenvalue weighted by Gasteiger charge is -2.02. The van der Waals surface area contributed by atoms with E-state index in [1.54, 1.807) is 6.92 Å². The summed E-state index contributed by atoms with van der Waals surface area (Å²) in [7, 11) is 0. The molecule has 1 rings (SSSR count). The van der Waals surface area contributed by atoms with E-state index in [2.05, 4.69) is 9.47 Å². The lowest BCUT2D eigenvalue weighted by Crippen LogP contribution is -2.22. The third kappa shape index (κ3) is 3.38. The van der Waals surface area contributed by atoms with Gasteiger partial charge in [-0.2, -0.15) is 0 Å². The fourth-order valence-electron chi connectivity index (χ4n) is 0.841. The quantitative estimate of drug-likeness (QED) is 0.421. The van der Waals surface area contributed by atoms with Crippen molar-refractivity contribution in [1.29, 1.82) is 0 Å². The smallest absolute Gasteiger partial charge is 0.422 e. The summed E-state index contributed by atoms with van der Waals surface area (Å²) in [5.74, 6) is -2.55. The Hall–Kier alpha value is -1.91. The van der Waals surface area contributed by atoms with Gasteiger partial charge in [-0.05, 0) is 31.2 Å². The zero-order chi connectivity index (χ0) is 11.3. The fourth-order valence-corrected chi connectivity index (χ4v) is 0.841. The maximum absolute atomic E-state index is 12.5. The van der Waals surface area contributed by atoms with Crippen LogP contribution in [0.3, 0.4) is 0 Å². The molecule has 0 spiro atoms. The van der Waals surface area contributed by atoms with Crippen molar-refractivity contribution in [1.82, 2.24) is 0 Å². The lowest BCUT2D eigenvalue weighted by molar-refractivity contribution is -0.161. The minimum absolute atomic E-state index is 0.0921. The number of rotatable bonds is 2. The molecule has 15 heavy (non-hydrogen) atoms. The van der Waals surface area contributed by atoms with Crippen molar-refractivity contribution in [2.24, 2.45) is 0 Å². The molecule has 0 atom stereocenters. The summed E-state index contributed by atoms with van der Waals surface area (Å²) in [6.07, 6.45) is 0. The van der Waals surface area contributed by atoms with E-state index in [0.29, 0.717) is 0 Å². The predicted molar refractivity (Wildman–Crippen MR) is 48.7 cm³/mol. The molecule has 0 saturated heterocycles. The van der Waals surface area contributed by atoms with Crippen molar-refractivity contribution in [2.75, 3.05) is 6.61 Å². The molecule has 0 aliphatic heterocycles. The first-order valence-electron chi connectivity index (χ1n) is 4.28. The largest absolute Gasteiger partial charge is 0.458 e. The van der Waals surface area contributed by atoms with E-state index >= 15 is 0 Å². The molecule has 0 aliphatic carbocycles. The van der Waals surface area contributed by atoms with Crippen LogP contribution in [0.1, 0.15) is 6.92 Å². The van der Waals surface area contributed by atoms with Crippen LogP contribution in [0.2, 0.25) is 0 Å². The van der Waals surface area contributed by atoms with E-state index < -0.39 is 17.8 Å². The molecule has 1 aromatic rings. The van der Waals surface area contributed by atoms with Crippen LogP contribution in [-0.2, 0) is 14.3 Å². The van der Waals surface area contributed by atoms with Gasteiger partial charge in [-0.1, -0.05) is 0 Å². The highest BCUT2D eigenvalue weighted by Crippen LogP contribution is 2.11. The summed E-state index contributed by atoms with van der Waals surface area (Å²) in [6.45, 7) is 1.67. The average Bonchev–Trinajstić information content (AvgIpc) is 2.22. The molecule has 4 nitrogen and oxygen atoms in total. The number of carbonyl (C=O) groups is 2. The maximum Gasteiger partial charge on any atom is 0.422 e. The van der Waals surface area contributed by atoms with Gasteiger partial charge in [0.1, 0.15) is 11.6 Å². The predicted octanol–water partition coefficient (Wildman–Crippen LogP) is 1.29. The third-order valence-electron chi connectivity index (χ3n) is 1.47. The van der Waals surface area contributed by atoms with Gasteiger partial charge in [0.2, 0.25) is 0 Å². The van der Waals surface area contributed by atoms with Crippen LogP contribution in [0.5, 0.6) is 5.75 Å². The highest BCUT2D eigenvalue weighted by molar-refractivity contribution is 6.30. The Kier molecular flexibility index (Phi) is 3.79. The minimum Gasteiger partial charge on any atom is -0.458 e. The number of ether oxygens (including phenoxy) is 2. The number of hydrogen-bond donors (Lipinski definition) is 0. The van der Waals surface area contributed by atoms with Crippen LogP contribution in [0.4, 0.5) is 4.39 Å². The first-order chi connectivity index (χ1) is 7.13. The van der Waals surface area contributed by atoms with Crippen LogP contribution in [0.25, 0.3) is 0 Å². The monoisotopic (exact) mass is 212 g/mol. The molecule has 0 aromatic heterocycles. The highest BCUT2D eigenvalue weighted by atomic mass is 19.1. The maximum atomic E-state index is 12.5. The fraction of sp³-hybridized carbons (Fsp3) is 0.200. The van der Waals surface area contributed by atoms with Crippen molar-refractivity contribution in [3.63, 3.8) is 0 Å². The molecule has 0 bridgehead atoms. The zero-order valence-corrected chi connectivity index (χ0v) is 8.03. The molecule has 0 unspecified atom stereocenters. The summed E-state index contributed by atoms with van der Waals surface area (Å²) in [5, 5.41) is 0. The molecule has 80 valence electrons. The van der Waals surface area contributed by atoms with Crippen molar-refractivity contribution >= 4 is 11.9 Å². The Morgan fingerprint density at radius 3 is 2.33 bits per heavy atom. The van der Waals surface area contributed by atoms with Crippen molar-refractivity contribution in [2.45, 2.75) is 6.92 Å². The van der Waals surface area contributed by atoms with Gasteiger partial charge in [0, 0.05) is 0 Å². The first kappa shape index (κ1) is 11.2. The Balaban J connectivity index is 2.58. The molecule has 0 saturated carbocycles. The average molecular weight is 212 g/mol. The summed E-state index contributed by atoms with van der Waals surface area (Å²) in [5.41, 5.74) is 0. The Labute approximate surface area is 85.6 Å². The van der Waals surface area contributed by atoms with E-state index in [0.717, 1.165) is 12.1 Å². The molecule has 0 radical (unpaired) electrons. The minimum atomic E-state index is -1.12. The van der Waals surface area contributed by atoms with Crippen LogP contribution >= 0.6 is 0 Å². The van der Waals surface area contributed by atoms with Crippen LogP contribution in [0, 0.1) is 5.82 Å². The molecule has 0 fully saturated rings. The topological polar surface area (TPSA) is 52.6 Å². The molecular formula is C10H9FO4. The van der Waals surface area contributed by atoms with Crippen molar-refractivity contribution in [3.05, 3.63) is 30.1 Å². The summed E-state index contributed by atoms with van der Waals surface area (Å²) in [6, 6.07) is 4.72. The van der Waals surface area contributed by atoms with Crippen LogP contribution in [-0.4, -0.2) is 18.5 Å². The van der Waals surface area contributed by atoms with E-state index in [4.69, 9.17) is 0 Å². The van der Waals surface area contributed by atoms with Gasteiger partial charge >= 0.3 is 11.9 Å². The van der Waals surface area contributed by atoms with Gasteiger partial charge in [0.25, 0.3) is 0 Å². The molecule has 0 N–H and O–H groups in total. The zero-order valence-electron chi connectivity index (χ0n) is 8.03. The first-order valence-corrected chi connectivity index (χ1v) is 4.28. The third-order valence-corrected chi connectivity index (χ3v) is 1.47. The van der Waals surface area contributed by atoms with E-state index in [9.17, 15) is 14.0 Å². The molecule has 0 amide bonds. The summed E-state index contributed by atoms with van der Waals surface area (Å²) in [4.78, 5) is 21.8. The molecule has 0 aliphatic rings. The van der Waals surface area contributed by atoms with Crippen molar-refractivity contribution < 1.29 is 23.5 Å². The normalized spacial score (nSPS) is 9.47. The molecule has 1 aromatic carbocycles. The second-order valence-corrected chi connectivity index (χ2v) is 2.56. The van der Waals surface area contributed by atoms with Gasteiger partial charge < -0.3 is 9.47 Å². The second kappa shape index (κ2) is 5.09. The second-order valence-electron chi connectivity index (χ2n) is 2.56. The van der Waals surface area contributed by atoms with Gasteiger partial charge in [-0.15, -0.1) is 0 Å². The van der Waals surface area contributed by atoms with E-state index in [-0.39, 0.29) is 12.4 Å². The van der Waals surface area contributed by atoms with E-state index in [1.165, 1.54) is 12.1 Å². The number of benzene rings is 1. The standard InChI is InChI=1S/C10H9FO4/c1-2-14-9(12)10(13)15-8-5-3-7(11)4-6-8/h3-6H,2H2,1H3. The van der Waals surface area contributed by atoms with Gasteiger partial charge in [-0.25, -0.2) is 14.0 Å². The number of halogens is 1. The van der Waals surface area contributed by atoms with E-state index in [1.807, 2.05) is 0 Å². The summed E-state index contributed by atoms with van der Waals surface area (Å²) >= 11 is 0. The molecule has 5 heteroatoms. The summed E-state index contributed by atoms with van der Waals surface area (Å²) < 4.78 is 21.5. The van der Waals surface area contributed by atoms with Crippen LogP contribution in [0.15, 0.2) is 24.3 Å². The molecular weight excluding hydrogens is 203 g/mol. The number of hydrogen-bond acceptors (Lipinski definition) is 4. The van der Waals surface area contributed by atoms with Gasteiger partial charge in [0.05, 0.1) is 6.61 Å². The number of carbonyl (C=O) groups excluding carboxylic acids is 2. The molecule has 0 heterocycles. The van der Waals surface area contributed by atoms with Gasteiger partial charge in [0.15, 0.2) is 0 Å². The number of esters is 2. The SMILES string of the molecule is CCOC(=O)C(=O)Oc1ccc(F)cc1.